The van der Waals surface area contributed by atoms with Gasteiger partial charge in [-0.3, -0.25) is 9.10 Å². The molecule has 1 N–H and O–H groups in total. The normalized spacial score (nSPS) is 10.8. The zero-order valence-corrected chi connectivity index (χ0v) is 22.1. The van der Waals surface area contributed by atoms with E-state index < -0.39 is 22.5 Å². The molecule has 0 aliphatic rings. The Morgan fingerprint density at radius 3 is 1.89 bits per heavy atom. The van der Waals surface area contributed by atoms with Crippen LogP contribution in [0.25, 0.3) is 0 Å². The lowest BCUT2D eigenvalue weighted by Crippen LogP contribution is -2.40. The van der Waals surface area contributed by atoms with E-state index >= 15 is 0 Å². The molecule has 3 aromatic carbocycles. The number of rotatable bonds is 12. The van der Waals surface area contributed by atoms with E-state index in [1.165, 1.54) is 53.7 Å². The van der Waals surface area contributed by atoms with Crippen LogP contribution >= 0.6 is 0 Å². The van der Waals surface area contributed by atoms with E-state index in [4.69, 9.17) is 23.7 Å². The second-order valence-corrected chi connectivity index (χ2v) is 9.54. The second-order valence-electron chi connectivity index (χ2n) is 7.67. The highest BCUT2D eigenvalue weighted by molar-refractivity contribution is 7.92. The molecule has 0 bridgehead atoms. The molecular weight excluding hydrogens is 500 g/mol. The molecule has 0 spiro atoms. The number of sulfonamides is 1. The van der Waals surface area contributed by atoms with Gasteiger partial charge in [-0.1, -0.05) is 18.2 Å². The topological polar surface area (TPSA) is 113 Å². The fraction of sp³-hybridized carbons (Fsp3) is 0.269. The van der Waals surface area contributed by atoms with Crippen molar-refractivity contribution in [2.45, 2.75) is 11.4 Å². The van der Waals surface area contributed by atoms with E-state index in [2.05, 4.69) is 5.32 Å². The van der Waals surface area contributed by atoms with E-state index in [1.54, 1.807) is 42.5 Å². The van der Waals surface area contributed by atoms with Gasteiger partial charge in [0.2, 0.25) is 11.7 Å². The van der Waals surface area contributed by atoms with Crippen LogP contribution in [0.15, 0.2) is 65.6 Å². The molecular formula is C26H30N2O8S. The lowest BCUT2D eigenvalue weighted by Gasteiger charge is -2.25. The fourth-order valence-electron chi connectivity index (χ4n) is 3.64. The monoisotopic (exact) mass is 530 g/mol. The summed E-state index contributed by atoms with van der Waals surface area (Å²) in [5, 5.41) is 2.76. The van der Waals surface area contributed by atoms with Gasteiger partial charge in [-0.15, -0.1) is 0 Å². The van der Waals surface area contributed by atoms with Crippen molar-refractivity contribution < 1.29 is 36.9 Å². The molecule has 37 heavy (non-hydrogen) atoms. The molecule has 0 aliphatic heterocycles. The van der Waals surface area contributed by atoms with Crippen molar-refractivity contribution in [3.8, 4) is 28.7 Å². The van der Waals surface area contributed by atoms with Crippen LogP contribution in [0.3, 0.4) is 0 Å². The number of amides is 1. The Labute approximate surface area is 216 Å². The van der Waals surface area contributed by atoms with Gasteiger partial charge in [-0.25, -0.2) is 8.42 Å². The van der Waals surface area contributed by atoms with Crippen LogP contribution in [-0.2, 0) is 21.4 Å². The number of nitrogens with one attached hydrogen (secondary N) is 1. The Morgan fingerprint density at radius 1 is 0.757 bits per heavy atom. The van der Waals surface area contributed by atoms with Gasteiger partial charge in [-0.05, 0) is 42.0 Å². The molecule has 0 fully saturated rings. The second kappa shape index (κ2) is 12.2. The van der Waals surface area contributed by atoms with Crippen LogP contribution < -0.4 is 33.3 Å². The van der Waals surface area contributed by atoms with Crippen LogP contribution in [0, 0.1) is 0 Å². The van der Waals surface area contributed by atoms with Gasteiger partial charge in [0.25, 0.3) is 10.0 Å². The van der Waals surface area contributed by atoms with E-state index in [-0.39, 0.29) is 17.1 Å². The quantitative estimate of drug-likeness (QED) is 0.380. The molecule has 10 nitrogen and oxygen atoms in total. The van der Waals surface area contributed by atoms with Crippen molar-refractivity contribution in [3.05, 3.63) is 66.2 Å². The molecule has 0 saturated carbocycles. The average Bonchev–Trinajstić information content (AvgIpc) is 2.93. The molecule has 0 aromatic heterocycles. The van der Waals surface area contributed by atoms with Crippen LogP contribution in [0.4, 0.5) is 5.69 Å². The first-order chi connectivity index (χ1) is 17.8. The largest absolute Gasteiger partial charge is 0.493 e. The highest BCUT2D eigenvalue weighted by Gasteiger charge is 2.28. The van der Waals surface area contributed by atoms with Crippen molar-refractivity contribution in [1.82, 2.24) is 5.32 Å². The molecule has 198 valence electrons. The van der Waals surface area contributed by atoms with Crippen molar-refractivity contribution in [2.24, 2.45) is 0 Å². The summed E-state index contributed by atoms with van der Waals surface area (Å²) in [4.78, 5) is 13.1. The number of benzene rings is 3. The number of hydrogen-bond acceptors (Lipinski definition) is 8. The molecule has 0 saturated heterocycles. The number of methoxy groups -OCH3 is 5. The summed E-state index contributed by atoms with van der Waals surface area (Å²) in [6.07, 6.45) is 0. The van der Waals surface area contributed by atoms with Gasteiger partial charge in [0.1, 0.15) is 6.54 Å². The van der Waals surface area contributed by atoms with Crippen LogP contribution in [0.1, 0.15) is 5.56 Å². The molecule has 3 rings (SSSR count). The van der Waals surface area contributed by atoms with Crippen LogP contribution in [0.2, 0.25) is 0 Å². The molecule has 0 radical (unpaired) electrons. The van der Waals surface area contributed by atoms with Gasteiger partial charge in [-0.2, -0.15) is 0 Å². The van der Waals surface area contributed by atoms with E-state index in [1.807, 2.05) is 0 Å². The third kappa shape index (κ3) is 6.18. The number of nitrogens with zero attached hydrogens (tertiary/aromatic N) is 1. The summed E-state index contributed by atoms with van der Waals surface area (Å²) in [7, 11) is 3.33. The highest BCUT2D eigenvalue weighted by atomic mass is 32.2. The summed E-state index contributed by atoms with van der Waals surface area (Å²) in [5.74, 6) is 1.52. The zero-order valence-electron chi connectivity index (χ0n) is 21.3. The van der Waals surface area contributed by atoms with Gasteiger partial charge in [0.05, 0.1) is 46.1 Å². The Balaban J connectivity index is 1.90. The summed E-state index contributed by atoms with van der Waals surface area (Å²) in [6, 6.07) is 15.9. The smallest absolute Gasteiger partial charge is 0.264 e. The first-order valence-corrected chi connectivity index (χ1v) is 12.6. The predicted octanol–water partition coefficient (Wildman–Crippen LogP) is 3.24. The number of ether oxygens (including phenoxy) is 5. The molecule has 0 heterocycles. The van der Waals surface area contributed by atoms with Crippen LogP contribution in [0.5, 0.6) is 28.7 Å². The third-order valence-electron chi connectivity index (χ3n) is 5.49. The first-order valence-electron chi connectivity index (χ1n) is 11.1. The zero-order chi connectivity index (χ0) is 27.0. The summed E-state index contributed by atoms with van der Waals surface area (Å²) in [6.45, 7) is -0.377. The first kappa shape index (κ1) is 27.5. The van der Waals surface area contributed by atoms with Gasteiger partial charge in [0, 0.05) is 12.6 Å². The maximum atomic E-state index is 13.6. The maximum Gasteiger partial charge on any atom is 0.264 e. The number of carbonyl (C=O) groups excluding carboxylic acids is 1. The Kier molecular flexibility index (Phi) is 9.07. The van der Waals surface area contributed by atoms with Gasteiger partial charge in [0.15, 0.2) is 23.0 Å². The van der Waals surface area contributed by atoms with Gasteiger partial charge < -0.3 is 29.0 Å². The minimum atomic E-state index is -4.09. The van der Waals surface area contributed by atoms with E-state index in [0.717, 1.165) is 4.31 Å². The third-order valence-corrected chi connectivity index (χ3v) is 7.28. The highest BCUT2D eigenvalue weighted by Crippen LogP contribution is 2.38. The molecule has 0 unspecified atom stereocenters. The fourth-order valence-corrected chi connectivity index (χ4v) is 5.07. The minimum absolute atomic E-state index is 0.0437. The number of hydrogen-bond donors (Lipinski definition) is 1. The Morgan fingerprint density at radius 2 is 1.35 bits per heavy atom. The van der Waals surface area contributed by atoms with Crippen molar-refractivity contribution in [1.29, 1.82) is 0 Å². The molecule has 3 aromatic rings. The Hall–Kier alpha value is -4.12. The molecule has 11 heteroatoms. The van der Waals surface area contributed by atoms with Gasteiger partial charge >= 0.3 is 0 Å². The van der Waals surface area contributed by atoms with Crippen LogP contribution in [-0.4, -0.2) is 56.4 Å². The molecule has 0 atom stereocenters. The van der Waals surface area contributed by atoms with E-state index in [0.29, 0.717) is 34.3 Å². The van der Waals surface area contributed by atoms with Crippen molar-refractivity contribution >= 4 is 21.6 Å². The maximum absolute atomic E-state index is 13.6. The summed E-state index contributed by atoms with van der Waals surface area (Å²) < 4.78 is 54.8. The molecule has 0 aliphatic carbocycles. The predicted molar refractivity (Wildman–Crippen MR) is 138 cm³/mol. The lowest BCUT2D eigenvalue weighted by molar-refractivity contribution is -0.119. The van der Waals surface area contributed by atoms with Crippen molar-refractivity contribution in [3.63, 3.8) is 0 Å². The number of anilines is 1. The average molecular weight is 531 g/mol. The van der Waals surface area contributed by atoms with E-state index in [9.17, 15) is 13.2 Å². The standard InChI is InChI=1S/C26H30N2O8S/c1-32-21-12-11-19(15-22(21)33-2)28(37(30,31)20-9-7-6-8-10-20)17-25(29)27-16-18-13-23(34-3)26(36-5)24(14-18)35-4/h6-15H,16-17H2,1-5H3,(H,27,29). The van der Waals surface area contributed by atoms with Crippen molar-refractivity contribution in [2.75, 3.05) is 46.4 Å². The lowest BCUT2D eigenvalue weighted by atomic mass is 10.1. The molecule has 1 amide bonds. The summed E-state index contributed by atoms with van der Waals surface area (Å²) >= 11 is 0. The number of carbonyl (C=O) groups is 1. The minimum Gasteiger partial charge on any atom is -0.493 e. The SMILES string of the molecule is COc1ccc(N(CC(=O)NCc2cc(OC)c(OC)c(OC)c2)S(=O)(=O)c2ccccc2)cc1OC. The summed E-state index contributed by atoms with van der Waals surface area (Å²) in [5.41, 5.74) is 0.913. The Bertz CT molecular complexity index is 1300.